The lowest BCUT2D eigenvalue weighted by atomic mass is 10.1. The van der Waals surface area contributed by atoms with E-state index >= 15 is 0 Å². The fourth-order valence-electron chi connectivity index (χ4n) is 5.82. The van der Waals surface area contributed by atoms with Crippen molar-refractivity contribution in [3.63, 3.8) is 0 Å². The molecule has 2 aromatic heterocycles. The molecule has 2 nitrogen and oxygen atoms in total. The van der Waals surface area contributed by atoms with Crippen LogP contribution in [0.5, 0.6) is 0 Å². The Morgan fingerprint density at radius 1 is 0.500 bits per heavy atom. The molecule has 0 fully saturated rings. The van der Waals surface area contributed by atoms with E-state index in [1.54, 1.807) is 0 Å². The van der Waals surface area contributed by atoms with Crippen molar-refractivity contribution in [1.29, 1.82) is 0 Å². The van der Waals surface area contributed by atoms with Crippen LogP contribution in [-0.2, 0) is 6.42 Å². The first-order valence-corrected chi connectivity index (χ1v) is 12.9. The minimum absolute atomic E-state index is 1.14. The van der Waals surface area contributed by atoms with Crippen LogP contribution >= 0.6 is 0 Å². The summed E-state index contributed by atoms with van der Waals surface area (Å²) in [6, 6.07) is 42.1. The van der Waals surface area contributed by atoms with Gasteiger partial charge in [-0.05, 0) is 60.9 Å². The van der Waals surface area contributed by atoms with E-state index in [0.29, 0.717) is 0 Å². The number of benzene rings is 5. The molecule has 0 unspecified atom stereocenters. The van der Waals surface area contributed by atoms with Crippen molar-refractivity contribution in [2.45, 2.75) is 26.2 Å². The molecule has 5 aromatic carbocycles. The Hall–Kier alpha value is -4.30. The third-order valence-electron chi connectivity index (χ3n) is 7.50. The van der Waals surface area contributed by atoms with Gasteiger partial charge in [0.2, 0.25) is 0 Å². The van der Waals surface area contributed by atoms with Crippen LogP contribution in [0, 0.1) is 0 Å². The number of rotatable bonds is 5. The summed E-state index contributed by atoms with van der Waals surface area (Å²) in [7, 11) is 0. The minimum atomic E-state index is 1.14. The number of hydrogen-bond donors (Lipinski definition) is 0. The lowest BCUT2D eigenvalue weighted by Gasteiger charge is -2.10. The Morgan fingerprint density at radius 3 is 1.89 bits per heavy atom. The van der Waals surface area contributed by atoms with E-state index in [-0.39, 0.29) is 0 Å². The molecule has 36 heavy (non-hydrogen) atoms. The van der Waals surface area contributed by atoms with Crippen LogP contribution in [0.15, 0.2) is 115 Å². The largest absolute Gasteiger partial charge is 0.309 e. The zero-order valence-electron chi connectivity index (χ0n) is 20.5. The topological polar surface area (TPSA) is 9.86 Å². The molecule has 0 atom stereocenters. The van der Waals surface area contributed by atoms with Crippen molar-refractivity contribution in [1.82, 2.24) is 9.13 Å². The van der Waals surface area contributed by atoms with Crippen molar-refractivity contribution < 1.29 is 0 Å². The molecule has 0 saturated heterocycles. The van der Waals surface area contributed by atoms with Gasteiger partial charge in [0.1, 0.15) is 0 Å². The summed E-state index contributed by atoms with van der Waals surface area (Å²) in [5.41, 5.74) is 8.80. The number of aryl methyl sites for hydroxylation is 1. The van der Waals surface area contributed by atoms with Gasteiger partial charge in [-0.25, -0.2) is 0 Å². The average molecular weight is 465 g/mol. The van der Waals surface area contributed by atoms with Gasteiger partial charge in [0.25, 0.3) is 0 Å². The Bertz CT molecular complexity index is 1850. The molecule has 0 N–H and O–H groups in total. The third kappa shape index (κ3) is 3.11. The van der Waals surface area contributed by atoms with Gasteiger partial charge < -0.3 is 9.13 Å². The number of nitrogens with zero attached hydrogens (tertiary/aromatic N) is 2. The van der Waals surface area contributed by atoms with E-state index in [1.165, 1.54) is 73.4 Å². The Labute approximate surface area is 211 Å². The van der Waals surface area contributed by atoms with Crippen LogP contribution in [0.3, 0.4) is 0 Å². The number of aromatic nitrogens is 2. The summed E-state index contributed by atoms with van der Waals surface area (Å²) in [4.78, 5) is 0. The molecular formula is C34H28N2. The van der Waals surface area contributed by atoms with Gasteiger partial charge in [-0.2, -0.15) is 0 Å². The predicted molar refractivity (Wildman–Crippen MR) is 154 cm³/mol. The van der Waals surface area contributed by atoms with Crippen LogP contribution in [0.25, 0.3) is 55.0 Å². The third-order valence-corrected chi connectivity index (χ3v) is 7.50. The van der Waals surface area contributed by atoms with Gasteiger partial charge in [-0.1, -0.05) is 86.1 Å². The molecular weight excluding hydrogens is 436 g/mol. The van der Waals surface area contributed by atoms with Crippen molar-refractivity contribution in [2.75, 3.05) is 0 Å². The normalized spacial score (nSPS) is 11.8. The van der Waals surface area contributed by atoms with E-state index in [0.717, 1.165) is 6.42 Å². The molecule has 0 amide bonds. The molecule has 0 bridgehead atoms. The highest BCUT2D eigenvalue weighted by Crippen LogP contribution is 2.41. The predicted octanol–water partition coefficient (Wildman–Crippen LogP) is 9.22. The number of hydrogen-bond acceptors (Lipinski definition) is 0. The summed E-state index contributed by atoms with van der Waals surface area (Å²) < 4.78 is 4.87. The zero-order valence-corrected chi connectivity index (χ0v) is 20.5. The first-order valence-electron chi connectivity index (χ1n) is 12.9. The maximum absolute atomic E-state index is 2.44. The van der Waals surface area contributed by atoms with Crippen molar-refractivity contribution in [2.24, 2.45) is 0 Å². The SMILES string of the molecule is CCCCc1ccc(-n2c3ccccc3c3c2ccc2c4ccccc4n(-c4ccccc4)c23)cc1. The molecule has 0 aliphatic carbocycles. The number of fused-ring (bicyclic) bond motifs is 7. The molecule has 2 heteroatoms. The molecule has 7 rings (SSSR count). The van der Waals surface area contributed by atoms with E-state index in [1.807, 2.05) is 0 Å². The van der Waals surface area contributed by atoms with E-state index in [2.05, 4.69) is 131 Å². The maximum Gasteiger partial charge on any atom is 0.0641 e. The Kier molecular flexibility index (Phi) is 4.92. The van der Waals surface area contributed by atoms with Crippen LogP contribution in [0.1, 0.15) is 25.3 Å². The van der Waals surface area contributed by atoms with Gasteiger partial charge in [0, 0.05) is 32.9 Å². The minimum Gasteiger partial charge on any atom is -0.309 e. The van der Waals surface area contributed by atoms with Crippen LogP contribution in [-0.4, -0.2) is 9.13 Å². The smallest absolute Gasteiger partial charge is 0.0641 e. The molecule has 7 aromatic rings. The van der Waals surface area contributed by atoms with E-state index < -0.39 is 0 Å². The second-order valence-corrected chi connectivity index (χ2v) is 9.67. The van der Waals surface area contributed by atoms with Gasteiger partial charge in [0.05, 0.1) is 22.1 Å². The fourth-order valence-corrected chi connectivity index (χ4v) is 5.82. The molecule has 2 heterocycles. The first-order chi connectivity index (χ1) is 17.8. The van der Waals surface area contributed by atoms with Crippen LogP contribution < -0.4 is 0 Å². The highest BCUT2D eigenvalue weighted by molar-refractivity contribution is 6.26. The second kappa shape index (κ2) is 8.42. The standard InChI is InChI=1S/C34H28N2/c1-2-3-11-24-18-20-26(21-19-24)35-31-17-10-8-15-29(31)33-32(35)23-22-28-27-14-7-9-16-30(27)36(34(28)33)25-12-5-4-6-13-25/h4-10,12-23H,2-3,11H2,1H3. The number of para-hydroxylation sites is 3. The van der Waals surface area contributed by atoms with E-state index in [4.69, 9.17) is 0 Å². The number of unbranched alkanes of at least 4 members (excludes halogenated alkanes) is 1. The highest BCUT2D eigenvalue weighted by atomic mass is 15.0. The summed E-state index contributed by atoms with van der Waals surface area (Å²) in [6.45, 7) is 2.25. The first kappa shape index (κ1) is 21.0. The lowest BCUT2D eigenvalue weighted by molar-refractivity contribution is 0.795. The van der Waals surface area contributed by atoms with Gasteiger partial charge in [0.15, 0.2) is 0 Å². The molecule has 0 aliphatic heterocycles. The molecule has 0 radical (unpaired) electrons. The van der Waals surface area contributed by atoms with Crippen molar-refractivity contribution in [3.05, 3.63) is 121 Å². The molecule has 0 aliphatic rings. The van der Waals surface area contributed by atoms with Crippen LogP contribution in [0.2, 0.25) is 0 Å². The van der Waals surface area contributed by atoms with Crippen molar-refractivity contribution in [3.8, 4) is 11.4 Å². The average Bonchev–Trinajstić information content (AvgIpc) is 3.46. The highest BCUT2D eigenvalue weighted by Gasteiger charge is 2.20. The van der Waals surface area contributed by atoms with E-state index in [9.17, 15) is 0 Å². The summed E-state index contributed by atoms with van der Waals surface area (Å²) in [5.74, 6) is 0. The second-order valence-electron chi connectivity index (χ2n) is 9.67. The monoisotopic (exact) mass is 464 g/mol. The Balaban J connectivity index is 1.61. The van der Waals surface area contributed by atoms with Gasteiger partial charge in [-0.15, -0.1) is 0 Å². The van der Waals surface area contributed by atoms with Crippen molar-refractivity contribution >= 4 is 43.6 Å². The van der Waals surface area contributed by atoms with Crippen LogP contribution in [0.4, 0.5) is 0 Å². The molecule has 0 spiro atoms. The summed E-state index contributed by atoms with van der Waals surface area (Å²) >= 11 is 0. The molecule has 174 valence electrons. The quantitative estimate of drug-likeness (QED) is 0.240. The van der Waals surface area contributed by atoms with Gasteiger partial charge >= 0.3 is 0 Å². The maximum atomic E-state index is 2.44. The zero-order chi connectivity index (χ0) is 24.1. The summed E-state index contributed by atoms with van der Waals surface area (Å²) in [6.07, 6.45) is 3.60. The fraction of sp³-hybridized carbons (Fsp3) is 0.118. The molecule has 0 saturated carbocycles. The summed E-state index contributed by atoms with van der Waals surface area (Å²) in [5, 5.41) is 5.17. The van der Waals surface area contributed by atoms with Gasteiger partial charge in [-0.3, -0.25) is 0 Å². The lowest BCUT2D eigenvalue weighted by Crippen LogP contribution is -1.95. The Morgan fingerprint density at radius 2 is 1.14 bits per heavy atom.